The Morgan fingerprint density at radius 3 is 3.00 bits per heavy atom. The standard InChI is InChI=1S/C12H16BrNOS/c1-2-3-8-14-9(4-7-12(14)15)10-5-6-11(13)16-10/h5-6,9H,2-4,7-8H2,1H3. The summed E-state index contributed by atoms with van der Waals surface area (Å²) in [4.78, 5) is 15.2. The molecule has 1 fully saturated rings. The second-order valence-electron chi connectivity index (χ2n) is 4.14. The molecule has 16 heavy (non-hydrogen) atoms. The van der Waals surface area contributed by atoms with Crippen LogP contribution in [0.4, 0.5) is 0 Å². The van der Waals surface area contributed by atoms with Crippen LogP contribution in [0.3, 0.4) is 0 Å². The van der Waals surface area contributed by atoms with Gasteiger partial charge in [-0.15, -0.1) is 11.3 Å². The second kappa shape index (κ2) is 5.32. The molecule has 2 heterocycles. The van der Waals surface area contributed by atoms with Crippen molar-refractivity contribution in [1.29, 1.82) is 0 Å². The Labute approximate surface area is 109 Å². The maximum Gasteiger partial charge on any atom is 0.223 e. The first-order chi connectivity index (χ1) is 7.72. The Hall–Kier alpha value is -0.350. The molecule has 0 radical (unpaired) electrons. The first-order valence-electron chi connectivity index (χ1n) is 5.77. The van der Waals surface area contributed by atoms with Gasteiger partial charge in [0.05, 0.1) is 9.83 Å². The number of halogens is 1. The van der Waals surface area contributed by atoms with Crippen molar-refractivity contribution in [3.63, 3.8) is 0 Å². The van der Waals surface area contributed by atoms with Crippen molar-refractivity contribution in [3.05, 3.63) is 20.8 Å². The summed E-state index contributed by atoms with van der Waals surface area (Å²) in [5, 5.41) is 0. The topological polar surface area (TPSA) is 20.3 Å². The molecule has 4 heteroatoms. The average Bonchev–Trinajstić information content (AvgIpc) is 2.82. The van der Waals surface area contributed by atoms with E-state index in [1.54, 1.807) is 11.3 Å². The summed E-state index contributed by atoms with van der Waals surface area (Å²) >= 11 is 5.23. The maximum absolute atomic E-state index is 11.8. The predicted molar refractivity (Wildman–Crippen MR) is 70.6 cm³/mol. The van der Waals surface area contributed by atoms with Gasteiger partial charge in [0.15, 0.2) is 0 Å². The molecular weight excluding hydrogens is 286 g/mol. The first-order valence-corrected chi connectivity index (χ1v) is 7.38. The van der Waals surface area contributed by atoms with Crippen LogP contribution in [0.15, 0.2) is 15.9 Å². The van der Waals surface area contributed by atoms with Crippen molar-refractivity contribution in [3.8, 4) is 0 Å². The van der Waals surface area contributed by atoms with Gasteiger partial charge in [0.1, 0.15) is 0 Å². The molecule has 1 aliphatic rings. The molecule has 0 saturated carbocycles. The van der Waals surface area contributed by atoms with E-state index in [9.17, 15) is 4.79 Å². The number of likely N-dealkylation sites (tertiary alicyclic amines) is 1. The van der Waals surface area contributed by atoms with Gasteiger partial charge in [-0.05, 0) is 40.9 Å². The lowest BCUT2D eigenvalue weighted by molar-refractivity contribution is -0.129. The van der Waals surface area contributed by atoms with Crippen LogP contribution in [-0.2, 0) is 4.79 Å². The molecule has 1 saturated heterocycles. The lowest BCUT2D eigenvalue weighted by Gasteiger charge is -2.23. The van der Waals surface area contributed by atoms with Crippen molar-refractivity contribution in [2.24, 2.45) is 0 Å². The number of hydrogen-bond acceptors (Lipinski definition) is 2. The molecule has 1 unspecified atom stereocenters. The minimum Gasteiger partial charge on any atom is -0.335 e. The number of nitrogens with zero attached hydrogens (tertiary/aromatic N) is 1. The lowest BCUT2D eigenvalue weighted by atomic mass is 10.2. The zero-order chi connectivity index (χ0) is 11.5. The number of thiophene rings is 1. The maximum atomic E-state index is 11.8. The third-order valence-corrected chi connectivity index (χ3v) is 4.73. The molecule has 1 aromatic heterocycles. The summed E-state index contributed by atoms with van der Waals surface area (Å²) in [6, 6.07) is 4.54. The van der Waals surface area contributed by atoms with Gasteiger partial charge in [0, 0.05) is 17.8 Å². The Bertz CT molecular complexity index is 377. The largest absolute Gasteiger partial charge is 0.335 e. The summed E-state index contributed by atoms with van der Waals surface area (Å²) < 4.78 is 1.15. The van der Waals surface area contributed by atoms with E-state index >= 15 is 0 Å². The summed E-state index contributed by atoms with van der Waals surface area (Å²) in [6.45, 7) is 3.08. The van der Waals surface area contributed by atoms with Gasteiger partial charge in [0.2, 0.25) is 5.91 Å². The van der Waals surface area contributed by atoms with Gasteiger partial charge in [-0.2, -0.15) is 0 Å². The van der Waals surface area contributed by atoms with E-state index in [-0.39, 0.29) is 0 Å². The van der Waals surface area contributed by atoms with Crippen LogP contribution in [0, 0.1) is 0 Å². The average molecular weight is 302 g/mol. The van der Waals surface area contributed by atoms with Crippen LogP contribution in [0.2, 0.25) is 0 Å². The van der Waals surface area contributed by atoms with Gasteiger partial charge < -0.3 is 4.90 Å². The van der Waals surface area contributed by atoms with Crippen molar-refractivity contribution < 1.29 is 4.79 Å². The molecule has 1 aliphatic heterocycles. The zero-order valence-electron chi connectivity index (χ0n) is 9.41. The highest BCUT2D eigenvalue weighted by molar-refractivity contribution is 9.11. The van der Waals surface area contributed by atoms with Crippen LogP contribution in [-0.4, -0.2) is 17.4 Å². The molecular formula is C12H16BrNOS. The molecule has 0 bridgehead atoms. The highest BCUT2D eigenvalue weighted by atomic mass is 79.9. The third-order valence-electron chi connectivity index (χ3n) is 3.00. The number of carbonyl (C=O) groups excluding carboxylic acids is 1. The quantitative estimate of drug-likeness (QED) is 0.824. The van der Waals surface area contributed by atoms with E-state index < -0.39 is 0 Å². The number of rotatable bonds is 4. The number of amides is 1. The van der Waals surface area contributed by atoms with Crippen LogP contribution in [0.25, 0.3) is 0 Å². The molecule has 88 valence electrons. The summed E-state index contributed by atoms with van der Waals surface area (Å²) in [5.41, 5.74) is 0. The Morgan fingerprint density at radius 2 is 2.38 bits per heavy atom. The van der Waals surface area contributed by atoms with Crippen LogP contribution >= 0.6 is 27.3 Å². The molecule has 2 rings (SSSR count). The smallest absolute Gasteiger partial charge is 0.223 e. The van der Waals surface area contributed by atoms with Crippen LogP contribution in [0.1, 0.15) is 43.5 Å². The lowest BCUT2D eigenvalue weighted by Crippen LogP contribution is -2.28. The van der Waals surface area contributed by atoms with Gasteiger partial charge in [-0.1, -0.05) is 13.3 Å². The normalized spacial score (nSPS) is 20.8. The molecule has 2 nitrogen and oxygen atoms in total. The summed E-state index contributed by atoms with van der Waals surface area (Å²) in [6.07, 6.45) is 3.94. The monoisotopic (exact) mass is 301 g/mol. The van der Waals surface area contributed by atoms with Crippen molar-refractivity contribution in [2.75, 3.05) is 6.54 Å². The van der Waals surface area contributed by atoms with E-state index in [2.05, 4.69) is 39.9 Å². The summed E-state index contributed by atoms with van der Waals surface area (Å²) in [5.74, 6) is 0.322. The fourth-order valence-corrected chi connectivity index (χ4v) is 3.72. The fraction of sp³-hybridized carbons (Fsp3) is 0.583. The highest BCUT2D eigenvalue weighted by Gasteiger charge is 2.32. The molecule has 0 aromatic carbocycles. The predicted octanol–water partition coefficient (Wildman–Crippen LogP) is 3.97. The molecule has 1 aromatic rings. The number of carbonyl (C=O) groups is 1. The van der Waals surface area contributed by atoms with Gasteiger partial charge in [-0.3, -0.25) is 4.79 Å². The van der Waals surface area contributed by atoms with Crippen LogP contribution < -0.4 is 0 Å². The first kappa shape index (κ1) is 12.1. The Kier molecular flexibility index (Phi) is 4.03. The molecule has 0 aliphatic carbocycles. The summed E-state index contributed by atoms with van der Waals surface area (Å²) in [7, 11) is 0. The van der Waals surface area contributed by atoms with Gasteiger partial charge in [0.25, 0.3) is 0 Å². The van der Waals surface area contributed by atoms with E-state index in [1.807, 2.05) is 0 Å². The third kappa shape index (κ3) is 2.48. The van der Waals surface area contributed by atoms with Crippen molar-refractivity contribution in [2.45, 2.75) is 38.6 Å². The molecule has 1 atom stereocenters. The van der Waals surface area contributed by atoms with E-state index in [0.717, 1.165) is 29.6 Å². The van der Waals surface area contributed by atoms with Crippen LogP contribution in [0.5, 0.6) is 0 Å². The van der Waals surface area contributed by atoms with Crippen molar-refractivity contribution in [1.82, 2.24) is 4.90 Å². The minimum absolute atomic E-state index is 0.322. The van der Waals surface area contributed by atoms with Crippen molar-refractivity contribution >= 4 is 33.2 Å². The van der Waals surface area contributed by atoms with E-state index in [0.29, 0.717) is 18.4 Å². The number of hydrogen-bond donors (Lipinski definition) is 0. The molecule has 0 spiro atoms. The fourth-order valence-electron chi connectivity index (χ4n) is 2.15. The van der Waals surface area contributed by atoms with Gasteiger partial charge >= 0.3 is 0 Å². The Balaban J connectivity index is 2.11. The highest BCUT2D eigenvalue weighted by Crippen LogP contribution is 2.37. The molecule has 0 N–H and O–H groups in total. The SMILES string of the molecule is CCCCN1C(=O)CCC1c1ccc(Br)s1. The van der Waals surface area contributed by atoms with E-state index in [4.69, 9.17) is 0 Å². The van der Waals surface area contributed by atoms with E-state index in [1.165, 1.54) is 4.88 Å². The second-order valence-corrected chi connectivity index (χ2v) is 6.63. The molecule has 1 amide bonds. The zero-order valence-corrected chi connectivity index (χ0v) is 11.8. The minimum atomic E-state index is 0.322. The number of unbranched alkanes of at least 4 members (excludes halogenated alkanes) is 1. The Morgan fingerprint density at radius 1 is 1.56 bits per heavy atom. The van der Waals surface area contributed by atoms with Gasteiger partial charge in [-0.25, -0.2) is 0 Å².